The van der Waals surface area contributed by atoms with Crippen LogP contribution in [0.4, 0.5) is 13.2 Å². The van der Waals surface area contributed by atoms with Gasteiger partial charge in [0.2, 0.25) is 10.0 Å². The molecule has 3 heterocycles. The number of imidazole rings is 1. The second-order valence-electron chi connectivity index (χ2n) is 6.76. The summed E-state index contributed by atoms with van der Waals surface area (Å²) in [4.78, 5) is 23.9. The molecule has 0 unspecified atom stereocenters. The normalized spacial score (nSPS) is 16.7. The van der Waals surface area contributed by atoms with Crippen molar-refractivity contribution in [3.63, 3.8) is 0 Å². The highest BCUT2D eigenvalue weighted by molar-refractivity contribution is 7.88. The SMILES string of the molecule is Cn1cncc1-c1nc(C(=O)NC2CCN(S(C)(=O)=O)CC2)cc(C(F)(F)F)n1. The third-order valence-corrected chi connectivity index (χ3v) is 5.86. The van der Waals surface area contributed by atoms with Gasteiger partial charge in [0.25, 0.3) is 5.91 Å². The van der Waals surface area contributed by atoms with Crippen molar-refractivity contribution in [2.75, 3.05) is 19.3 Å². The van der Waals surface area contributed by atoms with Crippen LogP contribution in [0.15, 0.2) is 18.6 Å². The summed E-state index contributed by atoms with van der Waals surface area (Å²) >= 11 is 0. The van der Waals surface area contributed by atoms with E-state index in [-0.39, 0.29) is 30.6 Å². The van der Waals surface area contributed by atoms with Gasteiger partial charge in [-0.1, -0.05) is 0 Å². The molecule has 2 aromatic rings. The van der Waals surface area contributed by atoms with E-state index in [9.17, 15) is 26.4 Å². The molecule has 1 aliphatic rings. The average molecular weight is 432 g/mol. The molecular formula is C16H19F3N6O3S. The van der Waals surface area contributed by atoms with Crippen LogP contribution in [0.3, 0.4) is 0 Å². The minimum Gasteiger partial charge on any atom is -0.348 e. The number of sulfonamides is 1. The highest BCUT2D eigenvalue weighted by Gasteiger charge is 2.35. The average Bonchev–Trinajstić information content (AvgIpc) is 3.06. The molecule has 0 saturated carbocycles. The molecule has 3 rings (SSSR count). The van der Waals surface area contributed by atoms with Crippen molar-refractivity contribution in [3.8, 4) is 11.5 Å². The van der Waals surface area contributed by atoms with E-state index in [1.807, 2.05) is 0 Å². The summed E-state index contributed by atoms with van der Waals surface area (Å²) in [5, 5.41) is 2.63. The van der Waals surface area contributed by atoms with Crippen LogP contribution < -0.4 is 5.32 Å². The quantitative estimate of drug-likeness (QED) is 0.773. The molecule has 0 spiro atoms. The Labute approximate surface area is 165 Å². The first-order chi connectivity index (χ1) is 13.4. The van der Waals surface area contributed by atoms with Gasteiger partial charge in [-0.25, -0.2) is 27.7 Å². The molecule has 0 atom stereocenters. The fraction of sp³-hybridized carbons (Fsp3) is 0.500. The van der Waals surface area contributed by atoms with E-state index in [1.54, 1.807) is 7.05 Å². The summed E-state index contributed by atoms with van der Waals surface area (Å²) in [7, 11) is -1.75. The number of nitrogens with one attached hydrogen (secondary N) is 1. The monoisotopic (exact) mass is 432 g/mol. The molecule has 1 aliphatic heterocycles. The number of carbonyl (C=O) groups is 1. The van der Waals surface area contributed by atoms with Crippen LogP contribution in [0, 0.1) is 0 Å². The first-order valence-corrected chi connectivity index (χ1v) is 10.5. The summed E-state index contributed by atoms with van der Waals surface area (Å²) < 4.78 is 65.6. The lowest BCUT2D eigenvalue weighted by molar-refractivity contribution is -0.141. The van der Waals surface area contributed by atoms with Crippen LogP contribution >= 0.6 is 0 Å². The largest absolute Gasteiger partial charge is 0.433 e. The highest BCUT2D eigenvalue weighted by atomic mass is 32.2. The molecule has 2 aromatic heterocycles. The van der Waals surface area contributed by atoms with Crippen LogP contribution in [0.2, 0.25) is 0 Å². The summed E-state index contributed by atoms with van der Waals surface area (Å²) in [6.07, 6.45) is -0.265. The molecule has 0 radical (unpaired) electrons. The zero-order valence-corrected chi connectivity index (χ0v) is 16.5. The zero-order chi connectivity index (χ0) is 21.4. The zero-order valence-electron chi connectivity index (χ0n) is 15.6. The maximum Gasteiger partial charge on any atom is 0.433 e. The number of hydrogen-bond donors (Lipinski definition) is 1. The van der Waals surface area contributed by atoms with Gasteiger partial charge < -0.3 is 9.88 Å². The molecule has 0 bridgehead atoms. The first kappa shape index (κ1) is 21.2. The predicted octanol–water partition coefficient (Wildman–Crippen LogP) is 1.05. The van der Waals surface area contributed by atoms with Crippen LogP contribution in [-0.4, -0.2) is 63.5 Å². The van der Waals surface area contributed by atoms with Gasteiger partial charge in [0.15, 0.2) is 5.82 Å². The maximum absolute atomic E-state index is 13.3. The van der Waals surface area contributed by atoms with Crippen LogP contribution in [0.5, 0.6) is 0 Å². The van der Waals surface area contributed by atoms with Crippen molar-refractivity contribution >= 4 is 15.9 Å². The highest BCUT2D eigenvalue weighted by Crippen LogP contribution is 2.29. The Balaban J connectivity index is 1.82. The molecule has 0 aromatic carbocycles. The number of halogens is 3. The maximum atomic E-state index is 13.3. The fourth-order valence-electron chi connectivity index (χ4n) is 2.99. The molecule has 1 fully saturated rings. The van der Waals surface area contributed by atoms with E-state index in [1.165, 1.54) is 21.4 Å². The lowest BCUT2D eigenvalue weighted by Gasteiger charge is -2.30. The number of aryl methyl sites for hydroxylation is 1. The number of piperidine rings is 1. The van der Waals surface area contributed by atoms with Gasteiger partial charge in [0, 0.05) is 32.2 Å². The Morgan fingerprint density at radius 2 is 1.90 bits per heavy atom. The third kappa shape index (κ3) is 4.90. The smallest absolute Gasteiger partial charge is 0.348 e. The summed E-state index contributed by atoms with van der Waals surface area (Å²) in [5.41, 5.74) is -1.43. The molecule has 1 N–H and O–H groups in total. The molecular weight excluding hydrogens is 413 g/mol. The Morgan fingerprint density at radius 1 is 1.24 bits per heavy atom. The van der Waals surface area contributed by atoms with Crippen LogP contribution in [0.25, 0.3) is 11.5 Å². The van der Waals surface area contributed by atoms with Crippen molar-refractivity contribution in [2.45, 2.75) is 25.1 Å². The van der Waals surface area contributed by atoms with E-state index in [0.29, 0.717) is 18.9 Å². The molecule has 29 heavy (non-hydrogen) atoms. The minimum absolute atomic E-state index is 0.224. The number of amides is 1. The van der Waals surface area contributed by atoms with E-state index in [2.05, 4.69) is 20.3 Å². The second-order valence-corrected chi connectivity index (χ2v) is 8.74. The lowest BCUT2D eigenvalue weighted by Crippen LogP contribution is -2.46. The molecule has 1 amide bonds. The van der Waals surface area contributed by atoms with Crippen molar-refractivity contribution in [3.05, 3.63) is 30.0 Å². The standard InChI is InChI=1S/C16H19F3N6O3S/c1-24-9-20-8-12(24)14-22-11(7-13(23-14)16(17,18)19)15(26)21-10-3-5-25(6-4-10)29(2,27)28/h7-10H,3-6H2,1-2H3,(H,21,26). The third-order valence-electron chi connectivity index (χ3n) is 4.55. The lowest BCUT2D eigenvalue weighted by atomic mass is 10.1. The molecule has 0 aliphatic carbocycles. The van der Waals surface area contributed by atoms with Crippen molar-refractivity contribution in [1.29, 1.82) is 0 Å². The first-order valence-electron chi connectivity index (χ1n) is 8.64. The minimum atomic E-state index is -4.76. The van der Waals surface area contributed by atoms with Gasteiger partial charge in [0.1, 0.15) is 17.1 Å². The van der Waals surface area contributed by atoms with E-state index in [4.69, 9.17) is 0 Å². The van der Waals surface area contributed by atoms with Gasteiger partial charge in [-0.15, -0.1) is 0 Å². The van der Waals surface area contributed by atoms with Gasteiger partial charge in [-0.2, -0.15) is 13.2 Å². The molecule has 158 valence electrons. The number of hydrogen-bond acceptors (Lipinski definition) is 6. The number of nitrogens with zero attached hydrogens (tertiary/aromatic N) is 5. The molecule has 1 saturated heterocycles. The van der Waals surface area contributed by atoms with Crippen molar-refractivity contribution in [2.24, 2.45) is 7.05 Å². The second kappa shape index (κ2) is 7.71. The Bertz CT molecular complexity index is 1010. The van der Waals surface area contributed by atoms with E-state index >= 15 is 0 Å². The molecule has 13 heteroatoms. The van der Waals surface area contributed by atoms with Crippen molar-refractivity contribution in [1.82, 2.24) is 29.1 Å². The van der Waals surface area contributed by atoms with Crippen LogP contribution in [-0.2, 0) is 23.2 Å². The number of alkyl halides is 3. The topological polar surface area (TPSA) is 110 Å². The van der Waals surface area contributed by atoms with Gasteiger partial charge in [0.05, 0.1) is 18.8 Å². The summed E-state index contributed by atoms with van der Waals surface area (Å²) in [6, 6.07) is 0.228. The Hall–Kier alpha value is -2.54. The Kier molecular flexibility index (Phi) is 5.63. The number of rotatable bonds is 4. The van der Waals surface area contributed by atoms with Gasteiger partial charge >= 0.3 is 6.18 Å². The number of aromatic nitrogens is 4. The summed E-state index contributed by atoms with van der Waals surface area (Å²) in [5.74, 6) is -1.05. The van der Waals surface area contributed by atoms with E-state index in [0.717, 1.165) is 6.26 Å². The van der Waals surface area contributed by atoms with Crippen molar-refractivity contribution < 1.29 is 26.4 Å². The van der Waals surface area contributed by atoms with Crippen LogP contribution in [0.1, 0.15) is 29.0 Å². The fourth-order valence-corrected chi connectivity index (χ4v) is 3.86. The Morgan fingerprint density at radius 3 is 2.41 bits per heavy atom. The van der Waals surface area contributed by atoms with Gasteiger partial charge in [-0.3, -0.25) is 4.79 Å². The summed E-state index contributed by atoms with van der Waals surface area (Å²) in [6.45, 7) is 0.448. The number of carbonyl (C=O) groups excluding carboxylic acids is 1. The van der Waals surface area contributed by atoms with E-state index < -0.39 is 33.5 Å². The van der Waals surface area contributed by atoms with Gasteiger partial charge in [-0.05, 0) is 12.8 Å². The predicted molar refractivity (Wildman–Crippen MR) is 96.1 cm³/mol. The molecule has 9 nitrogen and oxygen atoms in total.